The maximum absolute atomic E-state index is 13.3. The predicted octanol–water partition coefficient (Wildman–Crippen LogP) is 1.28. The molecule has 0 aliphatic carbocycles. The zero-order chi connectivity index (χ0) is 14.5. The van der Waals surface area contributed by atoms with E-state index in [1.54, 1.807) is 0 Å². The van der Waals surface area contributed by atoms with E-state index in [9.17, 15) is 26.7 Å². The first-order valence-electron chi connectivity index (χ1n) is 5.52. The molecule has 0 spiro atoms. The molecule has 19 heavy (non-hydrogen) atoms. The fourth-order valence-corrected chi connectivity index (χ4v) is 2.50. The number of halogens is 3. The van der Waals surface area contributed by atoms with Gasteiger partial charge in [-0.15, -0.1) is 0 Å². The van der Waals surface area contributed by atoms with Crippen molar-refractivity contribution in [3.05, 3.63) is 35.4 Å². The van der Waals surface area contributed by atoms with Gasteiger partial charge in [0.2, 0.25) is 10.0 Å². The highest BCUT2D eigenvalue weighted by Crippen LogP contribution is 2.20. The number of alkyl halides is 1. The van der Waals surface area contributed by atoms with Crippen LogP contribution in [0.15, 0.2) is 18.2 Å². The molecule has 0 saturated carbocycles. The molecule has 0 aromatic heterocycles. The maximum atomic E-state index is 13.3. The number of rotatable bonds is 7. The number of hydrogen-bond acceptors (Lipinski definition) is 3. The first-order chi connectivity index (χ1) is 8.87. The smallest absolute Gasteiger partial charge is 0.211 e. The van der Waals surface area contributed by atoms with Crippen LogP contribution in [0.5, 0.6) is 0 Å². The van der Waals surface area contributed by atoms with E-state index in [1.165, 1.54) is 0 Å². The van der Waals surface area contributed by atoms with Gasteiger partial charge in [0.05, 0.1) is 24.1 Å². The Morgan fingerprint density at radius 3 is 2.37 bits per heavy atom. The van der Waals surface area contributed by atoms with Crippen molar-refractivity contribution in [2.45, 2.75) is 12.5 Å². The van der Waals surface area contributed by atoms with E-state index in [4.69, 9.17) is 0 Å². The fourth-order valence-electron chi connectivity index (χ4n) is 1.45. The van der Waals surface area contributed by atoms with Gasteiger partial charge in [-0.05, 0) is 18.6 Å². The van der Waals surface area contributed by atoms with E-state index >= 15 is 0 Å². The Morgan fingerprint density at radius 2 is 1.84 bits per heavy atom. The molecule has 0 bridgehead atoms. The van der Waals surface area contributed by atoms with Crippen LogP contribution in [0.1, 0.15) is 18.1 Å². The summed E-state index contributed by atoms with van der Waals surface area (Å²) in [4.78, 5) is 0. The third kappa shape index (κ3) is 4.81. The zero-order valence-corrected chi connectivity index (χ0v) is 10.8. The largest absolute Gasteiger partial charge is 0.387 e. The molecule has 0 amide bonds. The lowest BCUT2D eigenvalue weighted by Crippen LogP contribution is -2.31. The van der Waals surface area contributed by atoms with E-state index in [2.05, 4.69) is 0 Å². The quantitative estimate of drug-likeness (QED) is 0.796. The Morgan fingerprint density at radius 1 is 1.26 bits per heavy atom. The van der Waals surface area contributed by atoms with Gasteiger partial charge in [-0.2, -0.15) is 0 Å². The number of hydrogen-bond donors (Lipinski definition) is 2. The normalized spacial score (nSPS) is 13.5. The Bertz CT molecular complexity index is 502. The molecular formula is C11H14F3NO3S. The van der Waals surface area contributed by atoms with Gasteiger partial charge < -0.3 is 5.11 Å². The number of sulfonamides is 1. The van der Waals surface area contributed by atoms with Crippen LogP contribution in [-0.4, -0.2) is 32.5 Å². The van der Waals surface area contributed by atoms with Crippen LogP contribution in [0, 0.1) is 11.6 Å². The molecule has 108 valence electrons. The molecule has 1 atom stereocenters. The summed E-state index contributed by atoms with van der Waals surface area (Å²) in [6.07, 6.45) is -1.83. The van der Waals surface area contributed by atoms with Crippen molar-refractivity contribution in [1.82, 2.24) is 4.72 Å². The average Bonchev–Trinajstić information content (AvgIpc) is 2.34. The van der Waals surface area contributed by atoms with Crippen LogP contribution in [0.25, 0.3) is 0 Å². The molecule has 8 heteroatoms. The zero-order valence-electron chi connectivity index (χ0n) is 9.94. The molecule has 1 aromatic rings. The lowest BCUT2D eigenvalue weighted by molar-refractivity contribution is 0.172. The van der Waals surface area contributed by atoms with E-state index < -0.39 is 52.3 Å². The predicted molar refractivity (Wildman–Crippen MR) is 63.7 cm³/mol. The van der Waals surface area contributed by atoms with Gasteiger partial charge in [0.1, 0.15) is 11.6 Å². The second-order valence-electron chi connectivity index (χ2n) is 3.86. The van der Waals surface area contributed by atoms with Crippen molar-refractivity contribution >= 4 is 10.0 Å². The summed E-state index contributed by atoms with van der Waals surface area (Å²) >= 11 is 0. The number of benzene rings is 1. The molecule has 1 unspecified atom stereocenters. The molecule has 2 N–H and O–H groups in total. The second-order valence-corrected chi connectivity index (χ2v) is 5.79. The van der Waals surface area contributed by atoms with Crippen LogP contribution >= 0.6 is 0 Å². The molecule has 0 aliphatic rings. The summed E-state index contributed by atoms with van der Waals surface area (Å²) in [5, 5.41) is 9.59. The monoisotopic (exact) mass is 297 g/mol. The summed E-state index contributed by atoms with van der Waals surface area (Å²) in [5.74, 6) is -2.37. The van der Waals surface area contributed by atoms with Gasteiger partial charge in [-0.25, -0.2) is 21.9 Å². The third-order valence-electron chi connectivity index (χ3n) is 2.38. The van der Waals surface area contributed by atoms with Gasteiger partial charge in [0.25, 0.3) is 0 Å². The minimum atomic E-state index is -3.77. The molecule has 0 saturated heterocycles. The molecule has 4 nitrogen and oxygen atoms in total. The highest BCUT2D eigenvalue weighted by Gasteiger charge is 2.20. The summed E-state index contributed by atoms with van der Waals surface area (Å²) in [6.45, 7) is -1.36. The minimum Gasteiger partial charge on any atom is -0.387 e. The fraction of sp³-hybridized carbons (Fsp3) is 0.455. The average molecular weight is 297 g/mol. The number of nitrogens with one attached hydrogen (secondary N) is 1. The molecule has 0 aliphatic heterocycles. The SMILES string of the molecule is O=S(=O)(CCCF)NCC(O)c1c(F)cccc1F. The summed E-state index contributed by atoms with van der Waals surface area (Å²) in [5.41, 5.74) is -0.601. The molecule has 0 fully saturated rings. The second kappa shape index (κ2) is 6.88. The lowest BCUT2D eigenvalue weighted by Gasteiger charge is -2.13. The van der Waals surface area contributed by atoms with Crippen LogP contribution in [0.4, 0.5) is 13.2 Å². The van der Waals surface area contributed by atoms with Crippen molar-refractivity contribution < 1.29 is 26.7 Å². The van der Waals surface area contributed by atoms with E-state index in [1.807, 2.05) is 4.72 Å². The standard InChI is InChI=1S/C11H14F3NO3S/c12-5-2-6-19(17,18)15-7-10(16)11-8(13)3-1-4-9(11)14/h1,3-4,10,15-16H,2,5-7H2. The van der Waals surface area contributed by atoms with Crippen molar-refractivity contribution in [2.24, 2.45) is 0 Å². The molecular weight excluding hydrogens is 283 g/mol. The maximum Gasteiger partial charge on any atom is 0.211 e. The Hall–Kier alpha value is -1.12. The van der Waals surface area contributed by atoms with Gasteiger partial charge in [0.15, 0.2) is 0 Å². The summed E-state index contributed by atoms with van der Waals surface area (Å²) < 4.78 is 63.1. The third-order valence-corrected chi connectivity index (χ3v) is 3.81. The molecule has 0 heterocycles. The van der Waals surface area contributed by atoms with Gasteiger partial charge in [0, 0.05) is 6.54 Å². The Labute approximate surface area is 109 Å². The lowest BCUT2D eigenvalue weighted by atomic mass is 10.1. The first kappa shape index (κ1) is 15.9. The van der Waals surface area contributed by atoms with Crippen molar-refractivity contribution in [1.29, 1.82) is 0 Å². The van der Waals surface area contributed by atoms with Crippen molar-refractivity contribution in [3.63, 3.8) is 0 Å². The van der Waals surface area contributed by atoms with Crippen LogP contribution in [-0.2, 0) is 10.0 Å². The van der Waals surface area contributed by atoms with E-state index in [0.29, 0.717) is 0 Å². The van der Waals surface area contributed by atoms with Crippen LogP contribution in [0.3, 0.4) is 0 Å². The van der Waals surface area contributed by atoms with Gasteiger partial charge >= 0.3 is 0 Å². The first-order valence-corrected chi connectivity index (χ1v) is 7.18. The molecule has 0 radical (unpaired) electrons. The van der Waals surface area contributed by atoms with Gasteiger partial charge in [-0.1, -0.05) is 6.07 Å². The van der Waals surface area contributed by atoms with Crippen LogP contribution in [0.2, 0.25) is 0 Å². The van der Waals surface area contributed by atoms with E-state index in [-0.39, 0.29) is 6.42 Å². The highest BCUT2D eigenvalue weighted by molar-refractivity contribution is 7.89. The topological polar surface area (TPSA) is 66.4 Å². The minimum absolute atomic E-state index is 0.181. The van der Waals surface area contributed by atoms with E-state index in [0.717, 1.165) is 18.2 Å². The van der Waals surface area contributed by atoms with Crippen molar-refractivity contribution in [3.8, 4) is 0 Å². The number of aliphatic hydroxyl groups excluding tert-OH is 1. The van der Waals surface area contributed by atoms with Gasteiger partial charge in [-0.3, -0.25) is 4.39 Å². The Kier molecular flexibility index (Phi) is 5.77. The molecule has 1 rings (SSSR count). The highest BCUT2D eigenvalue weighted by atomic mass is 32.2. The summed E-state index contributed by atoms with van der Waals surface area (Å²) in [6, 6.07) is 3.05. The van der Waals surface area contributed by atoms with Crippen LogP contribution < -0.4 is 4.72 Å². The number of aliphatic hydroxyl groups is 1. The summed E-state index contributed by atoms with van der Waals surface area (Å²) in [7, 11) is -3.77. The Balaban J connectivity index is 2.68. The molecule has 1 aromatic carbocycles. The van der Waals surface area contributed by atoms with Crippen molar-refractivity contribution in [2.75, 3.05) is 19.0 Å².